The molecule has 1 atom stereocenters. The van der Waals surface area contributed by atoms with Crippen LogP contribution in [0.15, 0.2) is 60.7 Å². The molecule has 24 heavy (non-hydrogen) atoms. The van der Waals surface area contributed by atoms with Crippen molar-refractivity contribution in [2.24, 2.45) is 5.92 Å². The molecule has 0 aliphatic carbocycles. The largest absolute Gasteiger partial charge is 0.453 e. The van der Waals surface area contributed by atoms with Gasteiger partial charge in [-0.2, -0.15) is 5.26 Å². The molecular weight excluding hydrogens is 300 g/mol. The predicted molar refractivity (Wildman–Crippen MR) is 91.4 cm³/mol. The van der Waals surface area contributed by atoms with E-state index in [0.717, 1.165) is 17.5 Å². The molecule has 122 valence electrons. The van der Waals surface area contributed by atoms with Crippen LogP contribution < -0.4 is 0 Å². The van der Waals surface area contributed by atoms with Crippen molar-refractivity contribution in [3.63, 3.8) is 0 Å². The molecule has 1 saturated heterocycles. The first kappa shape index (κ1) is 16.1. The standard InChI is InChI=1S/C20H20N2O2/c1-24-19(23)22-13-12-18(14-22)20(15-21,16-8-4-2-5-9-16)17-10-6-3-7-11-17/h2-11,18H,12-14H2,1H3. The average Bonchev–Trinajstić information content (AvgIpc) is 3.14. The Balaban J connectivity index is 2.07. The molecule has 0 saturated carbocycles. The zero-order valence-electron chi connectivity index (χ0n) is 13.7. The minimum absolute atomic E-state index is 0.0198. The number of rotatable bonds is 3. The van der Waals surface area contributed by atoms with Crippen LogP contribution in [0.3, 0.4) is 0 Å². The van der Waals surface area contributed by atoms with E-state index in [1.807, 2.05) is 60.7 Å². The van der Waals surface area contributed by atoms with Gasteiger partial charge < -0.3 is 9.64 Å². The van der Waals surface area contributed by atoms with Crippen molar-refractivity contribution in [2.45, 2.75) is 11.8 Å². The maximum atomic E-state index is 11.9. The van der Waals surface area contributed by atoms with E-state index >= 15 is 0 Å². The van der Waals surface area contributed by atoms with E-state index in [-0.39, 0.29) is 12.0 Å². The SMILES string of the molecule is COC(=O)N1CCC(C(C#N)(c2ccccc2)c2ccccc2)C1. The van der Waals surface area contributed by atoms with Gasteiger partial charge in [0.25, 0.3) is 0 Å². The Morgan fingerprint density at radius 2 is 1.67 bits per heavy atom. The number of benzene rings is 2. The molecule has 0 radical (unpaired) electrons. The van der Waals surface area contributed by atoms with Gasteiger partial charge in [0.15, 0.2) is 0 Å². The maximum absolute atomic E-state index is 11.9. The maximum Gasteiger partial charge on any atom is 0.409 e. The average molecular weight is 320 g/mol. The Labute approximate surface area is 142 Å². The van der Waals surface area contributed by atoms with Gasteiger partial charge in [0, 0.05) is 19.0 Å². The first-order chi connectivity index (χ1) is 11.7. The molecule has 3 rings (SSSR count). The topological polar surface area (TPSA) is 53.3 Å². The fraction of sp³-hybridized carbons (Fsp3) is 0.300. The summed E-state index contributed by atoms with van der Waals surface area (Å²) in [5.41, 5.74) is 1.16. The summed E-state index contributed by atoms with van der Waals surface area (Å²) in [4.78, 5) is 13.6. The minimum Gasteiger partial charge on any atom is -0.453 e. The van der Waals surface area contributed by atoms with Crippen molar-refractivity contribution in [2.75, 3.05) is 20.2 Å². The van der Waals surface area contributed by atoms with Crippen LogP contribution in [-0.4, -0.2) is 31.2 Å². The Bertz CT molecular complexity index is 698. The van der Waals surface area contributed by atoms with Gasteiger partial charge >= 0.3 is 6.09 Å². The minimum atomic E-state index is -0.773. The molecule has 1 amide bonds. The number of carbonyl (C=O) groups excluding carboxylic acids is 1. The van der Waals surface area contributed by atoms with Crippen molar-refractivity contribution >= 4 is 6.09 Å². The molecule has 0 spiro atoms. The molecule has 0 aromatic heterocycles. The van der Waals surface area contributed by atoms with Crippen LogP contribution in [0, 0.1) is 17.2 Å². The van der Waals surface area contributed by atoms with Crippen LogP contribution in [0.4, 0.5) is 4.79 Å². The Morgan fingerprint density at radius 1 is 1.12 bits per heavy atom. The summed E-state index contributed by atoms with van der Waals surface area (Å²) < 4.78 is 4.84. The molecule has 2 aromatic rings. The summed E-state index contributed by atoms with van der Waals surface area (Å²) >= 11 is 0. The van der Waals surface area contributed by atoms with Crippen molar-refractivity contribution < 1.29 is 9.53 Å². The fourth-order valence-corrected chi connectivity index (χ4v) is 3.67. The lowest BCUT2D eigenvalue weighted by atomic mass is 9.66. The van der Waals surface area contributed by atoms with E-state index in [9.17, 15) is 10.1 Å². The third-order valence-electron chi connectivity index (χ3n) is 4.87. The molecule has 0 bridgehead atoms. The first-order valence-corrected chi connectivity index (χ1v) is 8.07. The molecule has 1 aliphatic rings. The number of hydrogen-bond donors (Lipinski definition) is 0. The van der Waals surface area contributed by atoms with Crippen molar-refractivity contribution in [1.29, 1.82) is 5.26 Å². The Morgan fingerprint density at radius 3 is 2.12 bits per heavy atom. The second-order valence-electron chi connectivity index (χ2n) is 6.05. The van der Waals surface area contributed by atoms with Gasteiger partial charge in [-0.3, -0.25) is 0 Å². The summed E-state index contributed by atoms with van der Waals surface area (Å²) in [5.74, 6) is 0.0198. The quantitative estimate of drug-likeness (QED) is 0.868. The van der Waals surface area contributed by atoms with Crippen LogP contribution in [0.25, 0.3) is 0 Å². The van der Waals surface area contributed by atoms with E-state index in [1.54, 1.807) is 4.90 Å². The van der Waals surface area contributed by atoms with Gasteiger partial charge in [-0.05, 0) is 17.5 Å². The smallest absolute Gasteiger partial charge is 0.409 e. The van der Waals surface area contributed by atoms with E-state index in [0.29, 0.717) is 13.1 Å². The van der Waals surface area contributed by atoms with Gasteiger partial charge in [0.2, 0.25) is 0 Å². The van der Waals surface area contributed by atoms with Crippen LogP contribution in [0.5, 0.6) is 0 Å². The highest BCUT2D eigenvalue weighted by Gasteiger charge is 2.46. The lowest BCUT2D eigenvalue weighted by molar-refractivity contribution is 0.130. The number of hydrogen-bond acceptors (Lipinski definition) is 3. The van der Waals surface area contributed by atoms with Crippen LogP contribution in [0.1, 0.15) is 17.5 Å². The monoisotopic (exact) mass is 320 g/mol. The summed E-state index contributed by atoms with van der Waals surface area (Å²) in [5, 5.41) is 10.2. The van der Waals surface area contributed by atoms with E-state index < -0.39 is 5.41 Å². The molecule has 4 nitrogen and oxygen atoms in total. The molecule has 2 aromatic carbocycles. The Hall–Kier alpha value is -2.80. The van der Waals surface area contributed by atoms with Crippen LogP contribution in [0.2, 0.25) is 0 Å². The van der Waals surface area contributed by atoms with Gasteiger partial charge in [0.05, 0.1) is 13.2 Å². The molecule has 1 fully saturated rings. The number of ether oxygens (including phenoxy) is 1. The summed E-state index contributed by atoms with van der Waals surface area (Å²) in [7, 11) is 1.39. The van der Waals surface area contributed by atoms with E-state index in [2.05, 4.69) is 6.07 Å². The second kappa shape index (κ2) is 6.76. The number of amides is 1. The number of nitriles is 1. The third kappa shape index (κ3) is 2.63. The van der Waals surface area contributed by atoms with Gasteiger partial charge in [-0.25, -0.2) is 4.79 Å². The molecule has 1 aliphatic heterocycles. The highest BCUT2D eigenvalue weighted by molar-refractivity contribution is 5.68. The Kier molecular flexibility index (Phi) is 4.52. The van der Waals surface area contributed by atoms with Gasteiger partial charge in [0.1, 0.15) is 5.41 Å². The normalized spacial score (nSPS) is 17.3. The second-order valence-corrected chi connectivity index (χ2v) is 6.05. The molecule has 0 N–H and O–H groups in total. The zero-order valence-corrected chi connectivity index (χ0v) is 13.7. The summed E-state index contributed by atoms with van der Waals surface area (Å²) in [6, 6.07) is 22.3. The van der Waals surface area contributed by atoms with Crippen molar-refractivity contribution in [3.05, 3.63) is 71.8 Å². The predicted octanol–water partition coefficient (Wildman–Crippen LogP) is 3.58. The number of nitrogens with zero attached hydrogens (tertiary/aromatic N) is 2. The van der Waals surface area contributed by atoms with Crippen LogP contribution in [-0.2, 0) is 10.2 Å². The molecule has 1 unspecified atom stereocenters. The lowest BCUT2D eigenvalue weighted by Gasteiger charge is -2.33. The fourth-order valence-electron chi connectivity index (χ4n) is 3.67. The third-order valence-corrected chi connectivity index (χ3v) is 4.87. The highest BCUT2D eigenvalue weighted by atomic mass is 16.5. The summed E-state index contributed by atoms with van der Waals surface area (Å²) in [6.45, 7) is 1.13. The van der Waals surface area contributed by atoms with Crippen LogP contribution >= 0.6 is 0 Å². The number of carbonyl (C=O) groups is 1. The number of likely N-dealkylation sites (tertiary alicyclic amines) is 1. The van der Waals surface area contributed by atoms with Gasteiger partial charge in [-0.15, -0.1) is 0 Å². The highest BCUT2D eigenvalue weighted by Crippen LogP contribution is 2.43. The lowest BCUT2D eigenvalue weighted by Crippen LogP contribution is -2.38. The van der Waals surface area contributed by atoms with Gasteiger partial charge in [-0.1, -0.05) is 60.7 Å². The molecular formula is C20H20N2O2. The van der Waals surface area contributed by atoms with E-state index in [1.165, 1.54) is 7.11 Å². The van der Waals surface area contributed by atoms with E-state index in [4.69, 9.17) is 4.74 Å². The summed E-state index contributed by atoms with van der Waals surface area (Å²) in [6.07, 6.45) is 0.442. The molecule has 1 heterocycles. The zero-order chi connectivity index (χ0) is 17.0. The molecule has 4 heteroatoms. The van der Waals surface area contributed by atoms with Crippen molar-refractivity contribution in [3.8, 4) is 6.07 Å². The first-order valence-electron chi connectivity index (χ1n) is 8.07. The number of methoxy groups -OCH3 is 1. The van der Waals surface area contributed by atoms with Crippen molar-refractivity contribution in [1.82, 2.24) is 4.90 Å².